The summed E-state index contributed by atoms with van der Waals surface area (Å²) in [6, 6.07) is 0. The summed E-state index contributed by atoms with van der Waals surface area (Å²) in [4.78, 5) is 34.7. The molecule has 0 aromatic carbocycles. The lowest BCUT2D eigenvalue weighted by molar-refractivity contribution is -0.155. The number of cyclic esters (lactones) is 1. The van der Waals surface area contributed by atoms with Crippen molar-refractivity contribution in [2.24, 2.45) is 5.41 Å². The molecule has 1 heterocycles. The van der Waals surface area contributed by atoms with Crippen LogP contribution in [0.1, 0.15) is 47.5 Å². The van der Waals surface area contributed by atoms with Crippen molar-refractivity contribution < 1.29 is 28.6 Å². The molecule has 2 atom stereocenters. The molecular formula is C18H26O6. The van der Waals surface area contributed by atoms with E-state index in [0.717, 1.165) is 11.9 Å². The Morgan fingerprint density at radius 1 is 1.33 bits per heavy atom. The van der Waals surface area contributed by atoms with Crippen molar-refractivity contribution in [2.75, 3.05) is 7.11 Å². The third kappa shape index (κ3) is 4.77. The maximum atomic E-state index is 12.4. The predicted octanol–water partition coefficient (Wildman–Crippen LogP) is 2.72. The zero-order chi connectivity index (χ0) is 18.5. The second kappa shape index (κ2) is 7.75. The van der Waals surface area contributed by atoms with Gasteiger partial charge in [0, 0.05) is 17.9 Å². The molecule has 0 N–H and O–H groups in total. The van der Waals surface area contributed by atoms with Gasteiger partial charge in [-0.3, -0.25) is 0 Å². The van der Waals surface area contributed by atoms with Gasteiger partial charge < -0.3 is 19.0 Å². The first-order valence-corrected chi connectivity index (χ1v) is 7.81. The van der Waals surface area contributed by atoms with E-state index in [1.54, 1.807) is 19.9 Å². The zero-order valence-electron chi connectivity index (χ0n) is 15.2. The Morgan fingerprint density at radius 3 is 2.42 bits per heavy atom. The SMILES string of the molecule is COC(=O)/C=C(\C/C=C(/C)CC=O)[C@@]1(C)O[C@@H](C(C)(C)C)OC1=O. The molecule has 0 aliphatic carbocycles. The van der Waals surface area contributed by atoms with Crippen molar-refractivity contribution in [3.63, 3.8) is 0 Å². The van der Waals surface area contributed by atoms with Gasteiger partial charge in [0.15, 0.2) is 5.60 Å². The van der Waals surface area contributed by atoms with E-state index in [0.29, 0.717) is 5.57 Å². The second-order valence-corrected chi connectivity index (χ2v) is 7.07. The van der Waals surface area contributed by atoms with Crippen LogP contribution in [0.3, 0.4) is 0 Å². The minimum atomic E-state index is -1.37. The fourth-order valence-electron chi connectivity index (χ4n) is 2.15. The molecule has 0 aromatic heterocycles. The summed E-state index contributed by atoms with van der Waals surface area (Å²) < 4.78 is 15.9. The average molecular weight is 338 g/mol. The van der Waals surface area contributed by atoms with E-state index >= 15 is 0 Å². The van der Waals surface area contributed by atoms with Gasteiger partial charge in [0.1, 0.15) is 6.29 Å². The number of esters is 2. The van der Waals surface area contributed by atoms with Gasteiger partial charge in [0.2, 0.25) is 6.29 Å². The molecule has 0 saturated carbocycles. The van der Waals surface area contributed by atoms with Gasteiger partial charge >= 0.3 is 11.9 Å². The minimum absolute atomic E-state index is 0.275. The van der Waals surface area contributed by atoms with Crippen LogP contribution in [0, 0.1) is 5.41 Å². The number of rotatable bonds is 6. The lowest BCUT2D eigenvalue weighted by Crippen LogP contribution is -2.36. The molecule has 0 radical (unpaired) electrons. The summed E-state index contributed by atoms with van der Waals surface area (Å²) in [5.74, 6) is -1.12. The average Bonchev–Trinajstić information content (AvgIpc) is 2.80. The normalized spacial score (nSPS) is 25.4. The topological polar surface area (TPSA) is 78.9 Å². The van der Waals surface area contributed by atoms with Crippen molar-refractivity contribution in [3.05, 3.63) is 23.3 Å². The first kappa shape index (κ1) is 20.1. The molecule has 0 aromatic rings. The first-order chi connectivity index (χ1) is 11.0. The summed E-state index contributed by atoms with van der Waals surface area (Å²) >= 11 is 0. The Morgan fingerprint density at radius 2 is 1.96 bits per heavy atom. The van der Waals surface area contributed by atoms with E-state index in [-0.39, 0.29) is 12.8 Å². The number of carbonyl (C=O) groups is 3. The molecule has 0 unspecified atom stereocenters. The summed E-state index contributed by atoms with van der Waals surface area (Å²) in [6.07, 6.45) is 3.69. The Bertz CT molecular complexity index is 567. The van der Waals surface area contributed by atoms with Crippen molar-refractivity contribution in [2.45, 2.75) is 59.4 Å². The summed E-state index contributed by atoms with van der Waals surface area (Å²) in [6.45, 7) is 9.08. The standard InChI is InChI=1S/C18H26O6/c1-12(9-10-19)7-8-13(11-14(20)22-6)18(5)15(21)23-16(24-18)17(2,3)4/h7,10-11,16H,8-9H2,1-6H3/b12-7-,13-11+/t16-,18+/m0/s1. The smallest absolute Gasteiger partial charge is 0.344 e. The molecular weight excluding hydrogens is 312 g/mol. The van der Waals surface area contributed by atoms with Crippen LogP contribution in [0.5, 0.6) is 0 Å². The van der Waals surface area contributed by atoms with E-state index in [4.69, 9.17) is 9.47 Å². The Balaban J connectivity index is 3.16. The molecule has 6 heteroatoms. The molecule has 134 valence electrons. The molecule has 0 bridgehead atoms. The van der Waals surface area contributed by atoms with Crippen LogP contribution in [0.4, 0.5) is 0 Å². The van der Waals surface area contributed by atoms with Gasteiger partial charge in [-0.2, -0.15) is 0 Å². The third-order valence-corrected chi connectivity index (χ3v) is 3.84. The van der Waals surface area contributed by atoms with Gasteiger partial charge in [-0.15, -0.1) is 0 Å². The molecule has 1 fully saturated rings. The Kier molecular flexibility index (Phi) is 6.49. The number of hydrogen-bond acceptors (Lipinski definition) is 6. The second-order valence-electron chi connectivity index (χ2n) is 7.07. The van der Waals surface area contributed by atoms with Crippen LogP contribution in [-0.4, -0.2) is 37.2 Å². The van der Waals surface area contributed by atoms with E-state index in [9.17, 15) is 14.4 Å². The molecule has 1 rings (SSSR count). The van der Waals surface area contributed by atoms with E-state index in [1.807, 2.05) is 20.8 Å². The number of methoxy groups -OCH3 is 1. The Labute approximate surface area is 142 Å². The molecule has 24 heavy (non-hydrogen) atoms. The van der Waals surface area contributed by atoms with Crippen molar-refractivity contribution in [3.8, 4) is 0 Å². The van der Waals surface area contributed by atoms with Gasteiger partial charge in [-0.1, -0.05) is 32.4 Å². The number of aldehydes is 1. The number of ether oxygens (including phenoxy) is 3. The molecule has 1 saturated heterocycles. The maximum Gasteiger partial charge on any atom is 0.344 e. The van der Waals surface area contributed by atoms with Crippen LogP contribution in [0.25, 0.3) is 0 Å². The minimum Gasteiger partial charge on any atom is -0.466 e. The van der Waals surface area contributed by atoms with E-state index in [2.05, 4.69) is 4.74 Å². The Hall–Kier alpha value is -1.95. The van der Waals surface area contributed by atoms with E-state index in [1.165, 1.54) is 13.2 Å². The highest BCUT2D eigenvalue weighted by Crippen LogP contribution is 2.39. The highest BCUT2D eigenvalue weighted by Gasteiger charge is 2.52. The van der Waals surface area contributed by atoms with Crippen molar-refractivity contribution in [1.82, 2.24) is 0 Å². The zero-order valence-corrected chi connectivity index (χ0v) is 15.2. The van der Waals surface area contributed by atoms with Gasteiger partial charge in [0.25, 0.3) is 0 Å². The lowest BCUT2D eigenvalue weighted by Gasteiger charge is -2.27. The highest BCUT2D eigenvalue weighted by molar-refractivity contribution is 5.89. The molecule has 0 spiro atoms. The van der Waals surface area contributed by atoms with Gasteiger partial charge in [-0.25, -0.2) is 9.59 Å². The highest BCUT2D eigenvalue weighted by atomic mass is 16.8. The van der Waals surface area contributed by atoms with Crippen LogP contribution in [0.2, 0.25) is 0 Å². The third-order valence-electron chi connectivity index (χ3n) is 3.84. The predicted molar refractivity (Wildman–Crippen MR) is 88.0 cm³/mol. The van der Waals surface area contributed by atoms with Gasteiger partial charge in [0.05, 0.1) is 7.11 Å². The van der Waals surface area contributed by atoms with Crippen molar-refractivity contribution in [1.29, 1.82) is 0 Å². The first-order valence-electron chi connectivity index (χ1n) is 7.81. The maximum absolute atomic E-state index is 12.4. The largest absolute Gasteiger partial charge is 0.466 e. The van der Waals surface area contributed by atoms with Crippen LogP contribution in [0.15, 0.2) is 23.3 Å². The van der Waals surface area contributed by atoms with Crippen LogP contribution >= 0.6 is 0 Å². The quantitative estimate of drug-likeness (QED) is 0.321. The molecule has 6 nitrogen and oxygen atoms in total. The number of carbonyl (C=O) groups excluding carboxylic acids is 3. The van der Waals surface area contributed by atoms with Crippen molar-refractivity contribution >= 4 is 18.2 Å². The molecule has 1 aliphatic heterocycles. The molecule has 1 aliphatic rings. The number of allylic oxidation sites excluding steroid dienone is 2. The molecule has 0 amide bonds. The van der Waals surface area contributed by atoms with Crippen LogP contribution < -0.4 is 0 Å². The monoisotopic (exact) mass is 338 g/mol. The fraction of sp³-hybridized carbons (Fsp3) is 0.611. The van der Waals surface area contributed by atoms with E-state index < -0.39 is 29.2 Å². The number of hydrogen-bond donors (Lipinski definition) is 0. The summed E-state index contributed by atoms with van der Waals surface area (Å²) in [5.41, 5.74) is -0.503. The van der Waals surface area contributed by atoms with Gasteiger partial charge in [-0.05, 0) is 25.8 Å². The van der Waals surface area contributed by atoms with Crippen LogP contribution in [-0.2, 0) is 28.6 Å². The lowest BCUT2D eigenvalue weighted by atomic mass is 9.91. The summed E-state index contributed by atoms with van der Waals surface area (Å²) in [7, 11) is 1.26. The summed E-state index contributed by atoms with van der Waals surface area (Å²) in [5, 5.41) is 0. The fourth-order valence-corrected chi connectivity index (χ4v) is 2.15.